The van der Waals surface area contributed by atoms with Gasteiger partial charge in [-0.15, -0.1) is 0 Å². The number of ether oxygens (including phenoxy) is 1. The Balaban J connectivity index is 2.46. The van der Waals surface area contributed by atoms with Crippen LogP contribution < -0.4 is 0 Å². The third-order valence-corrected chi connectivity index (χ3v) is 1.44. The van der Waals surface area contributed by atoms with E-state index < -0.39 is 18.0 Å². The normalized spacial score (nSPS) is 32.2. The van der Waals surface area contributed by atoms with E-state index in [1.165, 1.54) is 0 Å². The Kier molecular flexibility index (Phi) is 2.21. The Morgan fingerprint density at radius 1 is 1.60 bits per heavy atom. The minimum atomic E-state index is -0.848. The molecule has 1 rings (SSSR count). The van der Waals surface area contributed by atoms with E-state index in [4.69, 9.17) is 15.1 Å². The zero-order valence-electron chi connectivity index (χ0n) is 5.19. The van der Waals surface area contributed by atoms with Gasteiger partial charge in [-0.1, -0.05) is 0 Å². The Hall–Kier alpha value is -0.650. The lowest BCUT2D eigenvalue weighted by Gasteiger charge is -2.05. The molecule has 0 aromatic carbocycles. The summed E-state index contributed by atoms with van der Waals surface area (Å²) in [5, 5.41) is 16.9. The molecule has 1 aliphatic rings. The van der Waals surface area contributed by atoms with E-state index in [0.29, 0.717) is 0 Å². The van der Waals surface area contributed by atoms with Gasteiger partial charge in [0.05, 0.1) is 19.3 Å². The predicted octanol–water partition coefficient (Wildman–Crippen LogP) is -0.990. The minimum Gasteiger partial charge on any atom is -0.390 e. The smallest absolute Gasteiger partial charge is 0.350 e. The van der Waals surface area contributed by atoms with Crippen LogP contribution in [-0.4, -0.2) is 35.7 Å². The van der Waals surface area contributed by atoms with Crippen LogP contribution in [0.2, 0.25) is 0 Å². The molecular weight excluding hydrogens is 140 g/mol. The van der Waals surface area contributed by atoms with Crippen LogP contribution in [0.1, 0.15) is 0 Å². The second-order valence-electron chi connectivity index (χ2n) is 2.12. The summed E-state index contributed by atoms with van der Waals surface area (Å²) in [7, 11) is 0. The van der Waals surface area contributed by atoms with Gasteiger partial charge in [-0.3, -0.25) is 0 Å². The molecule has 0 spiro atoms. The summed E-state index contributed by atoms with van der Waals surface area (Å²) in [6.07, 6.45) is -0.848. The van der Waals surface area contributed by atoms with Gasteiger partial charge in [0, 0.05) is 0 Å². The van der Waals surface area contributed by atoms with Crippen LogP contribution >= 0.6 is 0 Å². The Morgan fingerprint density at radius 3 is 2.70 bits per heavy atom. The van der Waals surface area contributed by atoms with E-state index >= 15 is 0 Å². The van der Waals surface area contributed by atoms with Gasteiger partial charge in [0.1, 0.15) is 5.92 Å². The van der Waals surface area contributed by atoms with Crippen molar-refractivity contribution >= 4 is 5.97 Å². The van der Waals surface area contributed by atoms with Crippen LogP contribution in [0.15, 0.2) is 0 Å². The van der Waals surface area contributed by atoms with Gasteiger partial charge in [-0.25, -0.2) is 4.79 Å². The van der Waals surface area contributed by atoms with Crippen LogP contribution in [-0.2, 0) is 14.4 Å². The molecule has 58 valence electrons. The number of carbonyl (C=O) groups is 1. The predicted molar refractivity (Wildman–Crippen MR) is 29.0 cm³/mol. The van der Waals surface area contributed by atoms with Crippen LogP contribution in [0.25, 0.3) is 0 Å². The lowest BCUT2D eigenvalue weighted by atomic mass is 10.1. The van der Waals surface area contributed by atoms with Gasteiger partial charge in [-0.05, 0) is 0 Å². The zero-order chi connectivity index (χ0) is 7.56. The highest BCUT2D eigenvalue weighted by molar-refractivity contribution is 5.72. The van der Waals surface area contributed by atoms with Gasteiger partial charge in [0.25, 0.3) is 0 Å². The van der Waals surface area contributed by atoms with Gasteiger partial charge in [0.15, 0.2) is 0 Å². The van der Waals surface area contributed by atoms with Crippen LogP contribution in [0.3, 0.4) is 0 Å². The molecule has 1 heterocycles. The summed E-state index contributed by atoms with van der Waals surface area (Å²) in [5.74, 6) is -1.57. The highest BCUT2D eigenvalue weighted by atomic mass is 17.1. The van der Waals surface area contributed by atoms with Crippen molar-refractivity contribution < 1.29 is 24.8 Å². The standard InChI is InChI=1S/C5H8O5/c6-4-2-9-1-3(4)5(7)10-8/h3-4,6,8H,1-2H2. The van der Waals surface area contributed by atoms with Crippen molar-refractivity contribution in [3.63, 3.8) is 0 Å². The van der Waals surface area contributed by atoms with Crippen molar-refractivity contribution in [2.45, 2.75) is 6.10 Å². The quantitative estimate of drug-likeness (QED) is 0.369. The SMILES string of the molecule is O=C(OO)C1COCC1O. The molecule has 5 nitrogen and oxygen atoms in total. The molecule has 1 aliphatic heterocycles. The lowest BCUT2D eigenvalue weighted by Crippen LogP contribution is -2.27. The monoisotopic (exact) mass is 148 g/mol. The van der Waals surface area contributed by atoms with E-state index in [9.17, 15) is 4.79 Å². The molecule has 2 unspecified atom stereocenters. The van der Waals surface area contributed by atoms with E-state index in [1.807, 2.05) is 0 Å². The first-order valence-corrected chi connectivity index (χ1v) is 2.86. The summed E-state index contributed by atoms with van der Waals surface area (Å²) >= 11 is 0. The molecule has 2 N–H and O–H groups in total. The van der Waals surface area contributed by atoms with Crippen molar-refractivity contribution in [2.75, 3.05) is 13.2 Å². The summed E-state index contributed by atoms with van der Waals surface area (Å²) in [6.45, 7) is 0.236. The van der Waals surface area contributed by atoms with Gasteiger partial charge < -0.3 is 14.7 Å². The fourth-order valence-electron chi connectivity index (χ4n) is 0.836. The number of aliphatic hydroxyl groups excluding tert-OH is 1. The fraction of sp³-hybridized carbons (Fsp3) is 0.800. The van der Waals surface area contributed by atoms with Crippen molar-refractivity contribution in [2.24, 2.45) is 5.92 Å². The van der Waals surface area contributed by atoms with Crippen molar-refractivity contribution in [3.8, 4) is 0 Å². The minimum absolute atomic E-state index is 0.112. The molecule has 1 fully saturated rings. The zero-order valence-corrected chi connectivity index (χ0v) is 5.19. The molecule has 0 amide bonds. The van der Waals surface area contributed by atoms with E-state index in [2.05, 4.69) is 4.89 Å². The second-order valence-corrected chi connectivity index (χ2v) is 2.12. The van der Waals surface area contributed by atoms with Crippen molar-refractivity contribution in [3.05, 3.63) is 0 Å². The topological polar surface area (TPSA) is 76.0 Å². The third kappa shape index (κ3) is 1.26. The molecule has 5 heteroatoms. The third-order valence-electron chi connectivity index (χ3n) is 1.44. The largest absolute Gasteiger partial charge is 0.390 e. The summed E-state index contributed by atoms with van der Waals surface area (Å²) in [6, 6.07) is 0. The first-order valence-electron chi connectivity index (χ1n) is 2.86. The molecule has 0 bridgehead atoms. The van der Waals surface area contributed by atoms with Crippen molar-refractivity contribution in [1.82, 2.24) is 0 Å². The number of hydrogen-bond donors (Lipinski definition) is 2. The van der Waals surface area contributed by atoms with Crippen LogP contribution in [0, 0.1) is 5.92 Å². The molecule has 0 saturated carbocycles. The fourth-order valence-corrected chi connectivity index (χ4v) is 0.836. The average molecular weight is 148 g/mol. The maximum Gasteiger partial charge on any atom is 0.350 e. The molecular formula is C5H8O5. The van der Waals surface area contributed by atoms with Crippen LogP contribution in [0.5, 0.6) is 0 Å². The number of hydrogen-bond acceptors (Lipinski definition) is 5. The first kappa shape index (κ1) is 7.46. The Morgan fingerprint density at radius 2 is 2.30 bits per heavy atom. The number of rotatable bonds is 1. The van der Waals surface area contributed by atoms with E-state index in [-0.39, 0.29) is 13.2 Å². The van der Waals surface area contributed by atoms with Gasteiger partial charge in [0.2, 0.25) is 0 Å². The highest BCUT2D eigenvalue weighted by Gasteiger charge is 2.34. The average Bonchev–Trinajstić information content (AvgIpc) is 2.34. The number of carbonyl (C=O) groups excluding carboxylic acids is 1. The van der Waals surface area contributed by atoms with E-state index in [0.717, 1.165) is 0 Å². The summed E-state index contributed by atoms with van der Waals surface area (Å²) in [5.41, 5.74) is 0. The van der Waals surface area contributed by atoms with Gasteiger partial charge >= 0.3 is 5.97 Å². The molecule has 10 heavy (non-hydrogen) atoms. The molecule has 1 saturated heterocycles. The van der Waals surface area contributed by atoms with E-state index in [1.54, 1.807) is 0 Å². The molecule has 0 radical (unpaired) electrons. The van der Waals surface area contributed by atoms with Gasteiger partial charge in [-0.2, -0.15) is 5.26 Å². The van der Waals surface area contributed by atoms with Crippen molar-refractivity contribution in [1.29, 1.82) is 0 Å². The first-order chi connectivity index (χ1) is 4.75. The molecule has 0 aromatic heterocycles. The maximum atomic E-state index is 10.5. The lowest BCUT2D eigenvalue weighted by molar-refractivity contribution is -0.240. The highest BCUT2D eigenvalue weighted by Crippen LogP contribution is 2.14. The molecule has 0 aromatic rings. The second kappa shape index (κ2) is 2.96. The summed E-state index contributed by atoms with van der Waals surface area (Å²) in [4.78, 5) is 13.9. The maximum absolute atomic E-state index is 10.5. The Bertz CT molecular complexity index is 134. The van der Waals surface area contributed by atoms with Crippen LogP contribution in [0.4, 0.5) is 0 Å². The summed E-state index contributed by atoms with van der Waals surface area (Å²) < 4.78 is 4.73. The number of aliphatic hydroxyl groups is 1. The molecule has 0 aliphatic carbocycles. The Labute approximate surface area is 57.1 Å². The molecule has 2 atom stereocenters.